The summed E-state index contributed by atoms with van der Waals surface area (Å²) in [6, 6.07) is 8.15. The van der Waals surface area contributed by atoms with Gasteiger partial charge in [-0.05, 0) is 55.7 Å². The summed E-state index contributed by atoms with van der Waals surface area (Å²) in [7, 11) is 0. The first-order valence-corrected chi connectivity index (χ1v) is 8.17. The zero-order chi connectivity index (χ0) is 14.3. The summed E-state index contributed by atoms with van der Waals surface area (Å²) < 4.78 is 1.03. The van der Waals surface area contributed by atoms with Gasteiger partial charge in [-0.2, -0.15) is 0 Å². The fourth-order valence-corrected chi connectivity index (χ4v) is 4.31. The molecule has 3 rings (SSSR count). The average molecular weight is 337 g/mol. The van der Waals surface area contributed by atoms with E-state index in [4.69, 9.17) is 5.73 Å². The lowest BCUT2D eigenvalue weighted by atomic mass is 9.84. The first-order chi connectivity index (χ1) is 9.56. The van der Waals surface area contributed by atoms with E-state index in [0.29, 0.717) is 11.8 Å². The van der Waals surface area contributed by atoms with Crippen molar-refractivity contribution in [1.29, 1.82) is 0 Å². The molecule has 2 bridgehead atoms. The topological polar surface area (TPSA) is 55.1 Å². The van der Waals surface area contributed by atoms with Crippen molar-refractivity contribution in [2.75, 3.05) is 0 Å². The molecule has 0 saturated heterocycles. The lowest BCUT2D eigenvalue weighted by Crippen LogP contribution is -2.45. The summed E-state index contributed by atoms with van der Waals surface area (Å²) in [6.07, 6.45) is 3.52. The van der Waals surface area contributed by atoms with Crippen LogP contribution < -0.4 is 11.1 Å². The number of hydrogen-bond acceptors (Lipinski definition) is 2. The molecule has 2 saturated carbocycles. The molecule has 2 fully saturated rings. The summed E-state index contributed by atoms with van der Waals surface area (Å²) in [4.78, 5) is 12.5. The molecule has 3 nitrogen and oxygen atoms in total. The number of carbonyl (C=O) groups excluding carboxylic acids is 1. The number of nitrogens with two attached hydrogens (primary N) is 1. The molecule has 4 heteroatoms. The van der Waals surface area contributed by atoms with Crippen LogP contribution in [0.5, 0.6) is 0 Å². The predicted molar refractivity (Wildman–Crippen MR) is 83.0 cm³/mol. The van der Waals surface area contributed by atoms with Crippen LogP contribution >= 0.6 is 15.9 Å². The Balaban J connectivity index is 1.67. The molecule has 5 atom stereocenters. The third-order valence-corrected chi connectivity index (χ3v) is 5.48. The van der Waals surface area contributed by atoms with Gasteiger partial charge in [-0.3, -0.25) is 4.79 Å². The van der Waals surface area contributed by atoms with E-state index < -0.39 is 0 Å². The van der Waals surface area contributed by atoms with Gasteiger partial charge in [0.1, 0.15) is 0 Å². The molecule has 3 N–H and O–H groups in total. The number of hydrogen-bond donors (Lipinski definition) is 2. The van der Waals surface area contributed by atoms with Crippen molar-refractivity contribution in [3.63, 3.8) is 0 Å². The van der Waals surface area contributed by atoms with Crippen molar-refractivity contribution >= 4 is 21.8 Å². The van der Waals surface area contributed by atoms with Crippen LogP contribution in [0.2, 0.25) is 0 Å². The zero-order valence-electron chi connectivity index (χ0n) is 11.7. The van der Waals surface area contributed by atoms with Crippen molar-refractivity contribution in [2.45, 2.75) is 38.3 Å². The van der Waals surface area contributed by atoms with Crippen molar-refractivity contribution in [3.8, 4) is 0 Å². The summed E-state index contributed by atoms with van der Waals surface area (Å²) >= 11 is 3.47. The normalized spacial score (nSPS) is 33.1. The second-order valence-corrected chi connectivity index (χ2v) is 7.14. The van der Waals surface area contributed by atoms with E-state index in [1.807, 2.05) is 31.2 Å². The second kappa shape index (κ2) is 5.49. The van der Waals surface area contributed by atoms with Gasteiger partial charge >= 0.3 is 0 Å². The fourth-order valence-electron chi connectivity index (χ4n) is 3.89. The molecule has 20 heavy (non-hydrogen) atoms. The lowest BCUT2D eigenvalue weighted by Gasteiger charge is -2.28. The van der Waals surface area contributed by atoms with Crippen LogP contribution in [-0.4, -0.2) is 11.9 Å². The van der Waals surface area contributed by atoms with Crippen molar-refractivity contribution in [3.05, 3.63) is 34.3 Å². The van der Waals surface area contributed by atoms with Crippen LogP contribution in [0.4, 0.5) is 0 Å². The van der Waals surface area contributed by atoms with Gasteiger partial charge in [0.2, 0.25) is 5.91 Å². The molecule has 0 heterocycles. The summed E-state index contributed by atoms with van der Waals surface area (Å²) in [5.74, 6) is 1.22. The molecule has 0 aliphatic heterocycles. The van der Waals surface area contributed by atoms with E-state index in [0.717, 1.165) is 16.5 Å². The maximum absolute atomic E-state index is 12.5. The molecule has 2 aliphatic rings. The second-order valence-electron chi connectivity index (χ2n) is 6.22. The van der Waals surface area contributed by atoms with Crippen molar-refractivity contribution in [1.82, 2.24) is 5.32 Å². The summed E-state index contributed by atoms with van der Waals surface area (Å²) in [6.45, 7) is 2.03. The van der Waals surface area contributed by atoms with Crippen LogP contribution in [0.3, 0.4) is 0 Å². The number of rotatable bonds is 3. The third kappa shape index (κ3) is 2.51. The number of carbonyl (C=O) groups is 1. The molecule has 0 aromatic heterocycles. The molecule has 1 aromatic carbocycles. The fraction of sp³-hybridized carbons (Fsp3) is 0.562. The smallest absolute Gasteiger partial charge is 0.225 e. The van der Waals surface area contributed by atoms with Gasteiger partial charge in [0.25, 0.3) is 0 Å². The average Bonchev–Trinajstić information content (AvgIpc) is 2.99. The highest BCUT2D eigenvalue weighted by molar-refractivity contribution is 9.10. The molecule has 108 valence electrons. The van der Waals surface area contributed by atoms with Crippen LogP contribution in [0.1, 0.15) is 37.8 Å². The SMILES string of the molecule is C[C@@H](NC(=O)C1C2CCC(C2)C1N)c1cccc(Br)c1. The van der Waals surface area contributed by atoms with Gasteiger partial charge in [0, 0.05) is 10.5 Å². The quantitative estimate of drug-likeness (QED) is 0.891. The maximum Gasteiger partial charge on any atom is 0.225 e. The Hall–Kier alpha value is -0.870. The van der Waals surface area contributed by atoms with Gasteiger partial charge in [0.15, 0.2) is 0 Å². The number of amides is 1. The standard InChI is InChI=1S/C16H21BrN2O/c1-9(10-3-2-4-13(17)8-10)19-16(20)14-11-5-6-12(7-11)15(14)18/h2-4,8-9,11-12,14-15H,5-7,18H2,1H3,(H,19,20)/t9-,11?,12?,14?,15?/m1/s1. The molecule has 4 unspecified atom stereocenters. The summed E-state index contributed by atoms with van der Waals surface area (Å²) in [5.41, 5.74) is 7.35. The van der Waals surface area contributed by atoms with Crippen LogP contribution in [0.15, 0.2) is 28.7 Å². The van der Waals surface area contributed by atoms with Crippen LogP contribution in [-0.2, 0) is 4.79 Å². The number of nitrogens with one attached hydrogen (secondary N) is 1. The Kier molecular flexibility index (Phi) is 3.87. The van der Waals surface area contributed by atoms with E-state index in [1.54, 1.807) is 0 Å². The Bertz CT molecular complexity index is 517. The predicted octanol–water partition coefficient (Wildman–Crippen LogP) is 3.00. The third-order valence-electron chi connectivity index (χ3n) is 4.99. The molecule has 0 spiro atoms. The number of halogens is 1. The van der Waals surface area contributed by atoms with Gasteiger partial charge in [-0.25, -0.2) is 0 Å². The van der Waals surface area contributed by atoms with Gasteiger partial charge < -0.3 is 11.1 Å². The Morgan fingerprint density at radius 2 is 2.15 bits per heavy atom. The first kappa shape index (κ1) is 14.1. The Morgan fingerprint density at radius 3 is 2.80 bits per heavy atom. The van der Waals surface area contributed by atoms with Crippen LogP contribution in [0, 0.1) is 17.8 Å². The maximum atomic E-state index is 12.5. The Morgan fingerprint density at radius 1 is 1.40 bits per heavy atom. The molecule has 2 aliphatic carbocycles. The highest BCUT2D eigenvalue weighted by atomic mass is 79.9. The molecular formula is C16H21BrN2O. The zero-order valence-corrected chi connectivity index (χ0v) is 13.3. The van der Waals surface area contributed by atoms with E-state index in [-0.39, 0.29) is 23.9 Å². The molecular weight excluding hydrogens is 316 g/mol. The van der Waals surface area contributed by atoms with Gasteiger partial charge in [-0.1, -0.05) is 28.1 Å². The van der Waals surface area contributed by atoms with E-state index >= 15 is 0 Å². The minimum absolute atomic E-state index is 0.0170. The van der Waals surface area contributed by atoms with E-state index in [2.05, 4.69) is 21.2 Å². The highest BCUT2D eigenvalue weighted by Crippen LogP contribution is 2.47. The minimum atomic E-state index is 0.0170. The monoisotopic (exact) mass is 336 g/mol. The lowest BCUT2D eigenvalue weighted by molar-refractivity contribution is -0.127. The molecule has 1 amide bonds. The summed E-state index contributed by atoms with van der Waals surface area (Å²) in [5, 5.41) is 3.14. The molecule has 1 aromatic rings. The molecule has 0 radical (unpaired) electrons. The first-order valence-electron chi connectivity index (χ1n) is 7.37. The van der Waals surface area contributed by atoms with Gasteiger partial charge in [-0.15, -0.1) is 0 Å². The van der Waals surface area contributed by atoms with Crippen molar-refractivity contribution in [2.24, 2.45) is 23.5 Å². The number of fused-ring (bicyclic) bond motifs is 2. The largest absolute Gasteiger partial charge is 0.349 e. The van der Waals surface area contributed by atoms with Crippen molar-refractivity contribution < 1.29 is 4.79 Å². The van der Waals surface area contributed by atoms with Crippen LogP contribution in [0.25, 0.3) is 0 Å². The number of benzene rings is 1. The Labute approximate surface area is 128 Å². The highest BCUT2D eigenvalue weighted by Gasteiger charge is 2.49. The minimum Gasteiger partial charge on any atom is -0.349 e. The van der Waals surface area contributed by atoms with E-state index in [9.17, 15) is 4.79 Å². The van der Waals surface area contributed by atoms with Gasteiger partial charge in [0.05, 0.1) is 12.0 Å². The van der Waals surface area contributed by atoms with E-state index in [1.165, 1.54) is 12.8 Å².